The maximum atomic E-state index is 12.8. The lowest BCUT2D eigenvalue weighted by molar-refractivity contribution is -0.127. The number of hydrogen-bond acceptors (Lipinski definition) is 3. The van der Waals surface area contributed by atoms with Crippen LogP contribution in [0.3, 0.4) is 0 Å². The van der Waals surface area contributed by atoms with Crippen molar-refractivity contribution in [3.05, 3.63) is 52.3 Å². The monoisotopic (exact) mass is 419 g/mol. The van der Waals surface area contributed by atoms with Gasteiger partial charge in [0.25, 0.3) is 0 Å². The molecule has 0 spiro atoms. The van der Waals surface area contributed by atoms with Crippen LogP contribution < -0.4 is 5.32 Å². The van der Waals surface area contributed by atoms with Crippen molar-refractivity contribution in [1.82, 2.24) is 15.1 Å². The summed E-state index contributed by atoms with van der Waals surface area (Å²) in [5.41, 5.74) is 2.19. The molecule has 2 heterocycles. The first-order chi connectivity index (χ1) is 12.4. The molecular formula is C20H26BrN3O2. The first-order valence-corrected chi connectivity index (χ1v) is 9.94. The molecule has 1 amide bonds. The van der Waals surface area contributed by atoms with Crippen LogP contribution in [0, 0.1) is 5.92 Å². The molecule has 140 valence electrons. The highest BCUT2D eigenvalue weighted by atomic mass is 79.9. The van der Waals surface area contributed by atoms with E-state index in [1.54, 1.807) is 0 Å². The number of carbonyl (C=O) groups excluding carboxylic acids is 1. The molecule has 26 heavy (non-hydrogen) atoms. The van der Waals surface area contributed by atoms with Gasteiger partial charge in [0.15, 0.2) is 0 Å². The smallest absolute Gasteiger partial charge is 0.226 e. The van der Waals surface area contributed by atoms with Gasteiger partial charge in [-0.15, -0.1) is 0 Å². The molecule has 1 aromatic carbocycles. The Bertz CT molecular complexity index is 742. The van der Waals surface area contributed by atoms with E-state index in [1.807, 2.05) is 36.1 Å². The van der Waals surface area contributed by atoms with Crippen LogP contribution in [-0.4, -0.2) is 28.3 Å². The van der Waals surface area contributed by atoms with Crippen LogP contribution in [0.4, 0.5) is 0 Å². The predicted molar refractivity (Wildman–Crippen MR) is 105 cm³/mol. The first kappa shape index (κ1) is 19.1. The van der Waals surface area contributed by atoms with Crippen LogP contribution >= 0.6 is 15.9 Å². The third kappa shape index (κ3) is 4.54. The first-order valence-electron chi connectivity index (χ1n) is 9.14. The number of rotatable bonds is 6. The maximum Gasteiger partial charge on any atom is 0.226 e. The summed E-state index contributed by atoms with van der Waals surface area (Å²) in [6.07, 6.45) is 5.16. The Morgan fingerprint density at radius 3 is 2.73 bits per heavy atom. The Hall–Kier alpha value is -1.66. The van der Waals surface area contributed by atoms with Gasteiger partial charge in [-0.3, -0.25) is 9.48 Å². The predicted octanol–water partition coefficient (Wildman–Crippen LogP) is 4.05. The molecule has 0 bridgehead atoms. The second-order valence-electron chi connectivity index (χ2n) is 7.27. The summed E-state index contributed by atoms with van der Waals surface area (Å²) in [6.45, 7) is 6.82. The van der Waals surface area contributed by atoms with Crippen molar-refractivity contribution < 1.29 is 9.53 Å². The summed E-state index contributed by atoms with van der Waals surface area (Å²) >= 11 is 3.45. The average molecular weight is 420 g/mol. The Balaban J connectivity index is 1.61. The number of benzene rings is 1. The average Bonchev–Trinajstić information content (AvgIpc) is 3.25. The molecule has 3 atom stereocenters. The van der Waals surface area contributed by atoms with E-state index < -0.39 is 0 Å². The Morgan fingerprint density at radius 2 is 2.08 bits per heavy atom. The highest BCUT2D eigenvalue weighted by Crippen LogP contribution is 2.34. The molecule has 6 heteroatoms. The van der Waals surface area contributed by atoms with E-state index in [4.69, 9.17) is 4.74 Å². The summed E-state index contributed by atoms with van der Waals surface area (Å²) in [5.74, 6) is -0.0958. The highest BCUT2D eigenvalue weighted by Gasteiger charge is 2.36. The summed E-state index contributed by atoms with van der Waals surface area (Å²) in [5, 5.41) is 7.54. The molecule has 0 aliphatic carbocycles. The van der Waals surface area contributed by atoms with Crippen molar-refractivity contribution in [1.29, 1.82) is 0 Å². The number of amides is 1. The fourth-order valence-corrected chi connectivity index (χ4v) is 3.61. The van der Waals surface area contributed by atoms with Crippen LogP contribution in [0.15, 0.2) is 41.1 Å². The summed E-state index contributed by atoms with van der Waals surface area (Å²) < 4.78 is 8.83. The third-order valence-electron chi connectivity index (χ3n) is 4.75. The van der Waals surface area contributed by atoms with Gasteiger partial charge in [0.05, 0.1) is 18.2 Å². The van der Waals surface area contributed by atoms with Gasteiger partial charge in [0.2, 0.25) is 5.91 Å². The van der Waals surface area contributed by atoms with E-state index in [2.05, 4.69) is 52.3 Å². The Labute approximate surface area is 163 Å². The number of halogens is 1. The van der Waals surface area contributed by atoms with Gasteiger partial charge < -0.3 is 10.1 Å². The quantitative estimate of drug-likeness (QED) is 0.767. The minimum atomic E-state index is -0.206. The zero-order chi connectivity index (χ0) is 18.7. The normalized spacial score (nSPS) is 21.1. The molecule has 1 aliphatic rings. The van der Waals surface area contributed by atoms with Crippen LogP contribution in [0.5, 0.6) is 0 Å². The fourth-order valence-electron chi connectivity index (χ4n) is 3.34. The highest BCUT2D eigenvalue weighted by molar-refractivity contribution is 9.10. The number of nitrogens with zero attached hydrogens (tertiary/aromatic N) is 2. The summed E-state index contributed by atoms with van der Waals surface area (Å²) in [7, 11) is 0. The zero-order valence-electron chi connectivity index (χ0n) is 15.5. The van der Waals surface area contributed by atoms with Gasteiger partial charge in [-0.25, -0.2) is 0 Å². The lowest BCUT2D eigenvalue weighted by Gasteiger charge is -2.20. The van der Waals surface area contributed by atoms with Gasteiger partial charge in [-0.05, 0) is 51.3 Å². The van der Waals surface area contributed by atoms with Crippen molar-refractivity contribution in [2.75, 3.05) is 6.61 Å². The zero-order valence-corrected chi connectivity index (χ0v) is 17.1. The van der Waals surface area contributed by atoms with Crippen LogP contribution in [0.1, 0.15) is 50.5 Å². The molecule has 1 fully saturated rings. The summed E-state index contributed by atoms with van der Waals surface area (Å²) in [4.78, 5) is 12.8. The molecule has 0 radical (unpaired) electrons. The van der Waals surface area contributed by atoms with Crippen molar-refractivity contribution in [2.45, 2.75) is 51.8 Å². The molecule has 1 N–H and O–H groups in total. The van der Waals surface area contributed by atoms with Gasteiger partial charge in [-0.2, -0.15) is 5.10 Å². The minimum absolute atomic E-state index is 0.0643. The van der Waals surface area contributed by atoms with Gasteiger partial charge in [-0.1, -0.05) is 28.1 Å². The molecule has 1 aromatic heterocycles. The van der Waals surface area contributed by atoms with Crippen molar-refractivity contribution in [2.24, 2.45) is 5.92 Å². The molecule has 0 unspecified atom stereocenters. The second kappa shape index (κ2) is 8.35. The van der Waals surface area contributed by atoms with E-state index in [0.29, 0.717) is 12.6 Å². The Kier molecular flexibility index (Phi) is 6.14. The van der Waals surface area contributed by atoms with Gasteiger partial charge in [0, 0.05) is 34.9 Å². The van der Waals surface area contributed by atoms with Crippen LogP contribution in [0.2, 0.25) is 0 Å². The van der Waals surface area contributed by atoms with Crippen molar-refractivity contribution in [3.63, 3.8) is 0 Å². The maximum absolute atomic E-state index is 12.8. The lowest BCUT2D eigenvalue weighted by atomic mass is 9.95. The number of hydrogen-bond donors (Lipinski definition) is 1. The van der Waals surface area contributed by atoms with E-state index in [1.165, 1.54) is 5.56 Å². The van der Waals surface area contributed by atoms with Gasteiger partial charge >= 0.3 is 0 Å². The molecule has 1 aliphatic heterocycles. The molecule has 1 saturated heterocycles. The second-order valence-corrected chi connectivity index (χ2v) is 8.19. The number of aromatic nitrogens is 2. The summed E-state index contributed by atoms with van der Waals surface area (Å²) in [6, 6.07) is 8.57. The Morgan fingerprint density at radius 1 is 1.35 bits per heavy atom. The largest absolute Gasteiger partial charge is 0.373 e. The fraction of sp³-hybridized carbons (Fsp3) is 0.500. The lowest BCUT2D eigenvalue weighted by Crippen LogP contribution is -2.39. The molecule has 3 rings (SSSR count). The van der Waals surface area contributed by atoms with E-state index in [-0.39, 0.29) is 24.0 Å². The standard InChI is InChI=1S/C20H26BrN3O2/c1-13(2)24-12-16(11-22-24)19-18(8-9-26-19)20(25)23-14(3)10-15-4-6-17(21)7-5-15/h4-7,11-14,18-19H,8-10H2,1-3H3,(H,23,25)/t14-,18-,19+/m0/s1. The number of ether oxygens (including phenoxy) is 1. The molecule has 0 saturated carbocycles. The van der Waals surface area contributed by atoms with E-state index >= 15 is 0 Å². The van der Waals surface area contributed by atoms with E-state index in [9.17, 15) is 4.79 Å². The van der Waals surface area contributed by atoms with Crippen LogP contribution in [0.25, 0.3) is 0 Å². The minimum Gasteiger partial charge on any atom is -0.373 e. The molecule has 2 aromatic rings. The molecule has 5 nitrogen and oxygen atoms in total. The van der Waals surface area contributed by atoms with Crippen molar-refractivity contribution in [3.8, 4) is 0 Å². The van der Waals surface area contributed by atoms with E-state index in [0.717, 1.165) is 22.9 Å². The SMILES string of the molecule is CC(C)n1cc([C@H]2OCC[C@@H]2C(=O)N[C@@H](C)Cc2ccc(Br)cc2)cn1. The number of nitrogens with one attached hydrogen (secondary N) is 1. The topological polar surface area (TPSA) is 56.1 Å². The van der Waals surface area contributed by atoms with Crippen LogP contribution in [-0.2, 0) is 16.0 Å². The van der Waals surface area contributed by atoms with Gasteiger partial charge in [0.1, 0.15) is 0 Å². The van der Waals surface area contributed by atoms with Crippen molar-refractivity contribution >= 4 is 21.8 Å². The number of carbonyl (C=O) groups is 1. The molecular weight excluding hydrogens is 394 g/mol. The third-order valence-corrected chi connectivity index (χ3v) is 5.28.